The van der Waals surface area contributed by atoms with Crippen molar-refractivity contribution in [3.05, 3.63) is 38.9 Å². The molecular formula is C12H13ClN2O4. The van der Waals surface area contributed by atoms with Crippen molar-refractivity contribution in [1.82, 2.24) is 4.90 Å². The van der Waals surface area contributed by atoms with Crippen molar-refractivity contribution in [3.63, 3.8) is 0 Å². The molecule has 1 aromatic rings. The van der Waals surface area contributed by atoms with E-state index < -0.39 is 4.92 Å². The molecule has 0 saturated carbocycles. The highest BCUT2D eigenvalue weighted by molar-refractivity contribution is 6.33. The summed E-state index contributed by atoms with van der Waals surface area (Å²) in [7, 11) is 0. The number of rotatable bonds is 2. The number of halogens is 1. The van der Waals surface area contributed by atoms with E-state index in [2.05, 4.69) is 0 Å². The molecule has 6 nitrogen and oxygen atoms in total. The second-order valence-corrected chi connectivity index (χ2v) is 4.73. The van der Waals surface area contributed by atoms with E-state index in [0.717, 1.165) is 0 Å². The lowest BCUT2D eigenvalue weighted by Gasteiger charge is -2.31. The number of nitro groups is 1. The Morgan fingerprint density at radius 2 is 2.32 bits per heavy atom. The van der Waals surface area contributed by atoms with E-state index in [-0.39, 0.29) is 28.3 Å². The Hall–Kier alpha value is -1.66. The van der Waals surface area contributed by atoms with Crippen LogP contribution in [0, 0.1) is 10.1 Å². The Bertz CT molecular complexity index is 520. The van der Waals surface area contributed by atoms with Gasteiger partial charge in [-0.05, 0) is 19.1 Å². The molecule has 1 unspecified atom stereocenters. The number of carbonyl (C=O) groups excluding carboxylic acids is 1. The molecule has 19 heavy (non-hydrogen) atoms. The maximum absolute atomic E-state index is 12.3. The molecule has 0 aliphatic carbocycles. The summed E-state index contributed by atoms with van der Waals surface area (Å²) < 4.78 is 5.34. The van der Waals surface area contributed by atoms with Crippen LogP contribution in [0.15, 0.2) is 18.2 Å². The Morgan fingerprint density at radius 1 is 1.58 bits per heavy atom. The topological polar surface area (TPSA) is 72.7 Å². The highest BCUT2D eigenvalue weighted by Gasteiger charge is 2.29. The summed E-state index contributed by atoms with van der Waals surface area (Å²) >= 11 is 5.80. The first-order valence-corrected chi connectivity index (χ1v) is 6.22. The molecule has 0 aromatic heterocycles. The van der Waals surface area contributed by atoms with Gasteiger partial charge in [0.15, 0.2) is 0 Å². The van der Waals surface area contributed by atoms with E-state index in [9.17, 15) is 14.9 Å². The predicted octanol–water partition coefficient (Wildman–Crippen LogP) is 2.11. The van der Waals surface area contributed by atoms with E-state index in [1.165, 1.54) is 18.2 Å². The van der Waals surface area contributed by atoms with E-state index in [0.29, 0.717) is 19.7 Å². The Kier molecular flexibility index (Phi) is 4.01. The molecule has 0 bridgehead atoms. The quantitative estimate of drug-likeness (QED) is 0.616. The molecule has 1 atom stereocenters. The van der Waals surface area contributed by atoms with Crippen LogP contribution < -0.4 is 0 Å². The third-order valence-electron chi connectivity index (χ3n) is 2.93. The SMILES string of the molecule is CC1CN(C(=O)c2cccc(Cl)c2[N+](=O)[O-])CCO1. The molecule has 0 N–H and O–H groups in total. The number of nitro benzene ring substituents is 1. The molecule has 1 aromatic carbocycles. The van der Waals surface area contributed by atoms with Gasteiger partial charge in [-0.2, -0.15) is 0 Å². The Morgan fingerprint density at radius 3 is 2.95 bits per heavy atom. The van der Waals surface area contributed by atoms with Gasteiger partial charge in [-0.1, -0.05) is 17.7 Å². The summed E-state index contributed by atoms with van der Waals surface area (Å²) in [5.41, 5.74) is -0.320. The number of benzene rings is 1. The van der Waals surface area contributed by atoms with Crippen LogP contribution in [0.4, 0.5) is 5.69 Å². The number of amides is 1. The summed E-state index contributed by atoms with van der Waals surface area (Å²) in [5, 5.41) is 11.0. The fourth-order valence-electron chi connectivity index (χ4n) is 2.05. The van der Waals surface area contributed by atoms with E-state index in [1.54, 1.807) is 4.90 Å². The lowest BCUT2D eigenvalue weighted by molar-refractivity contribution is -0.385. The van der Waals surface area contributed by atoms with Crippen LogP contribution in [0.3, 0.4) is 0 Å². The van der Waals surface area contributed by atoms with Gasteiger partial charge >= 0.3 is 5.69 Å². The van der Waals surface area contributed by atoms with Gasteiger partial charge in [0, 0.05) is 13.1 Å². The molecule has 102 valence electrons. The van der Waals surface area contributed by atoms with Crippen molar-refractivity contribution in [3.8, 4) is 0 Å². The Balaban J connectivity index is 2.33. The van der Waals surface area contributed by atoms with E-state index in [4.69, 9.17) is 16.3 Å². The summed E-state index contributed by atoms with van der Waals surface area (Å²) in [6.45, 7) is 3.13. The van der Waals surface area contributed by atoms with Crippen LogP contribution in [0.25, 0.3) is 0 Å². The number of ether oxygens (including phenoxy) is 1. The summed E-state index contributed by atoms with van der Waals surface area (Å²) in [6, 6.07) is 4.36. The number of hydrogen-bond acceptors (Lipinski definition) is 4. The molecule has 1 saturated heterocycles. The van der Waals surface area contributed by atoms with Gasteiger partial charge in [-0.3, -0.25) is 14.9 Å². The van der Waals surface area contributed by atoms with Gasteiger partial charge in [0.2, 0.25) is 0 Å². The average Bonchev–Trinajstić information content (AvgIpc) is 2.37. The minimum Gasteiger partial charge on any atom is -0.375 e. The molecular weight excluding hydrogens is 272 g/mol. The predicted molar refractivity (Wildman–Crippen MR) is 69.4 cm³/mol. The van der Waals surface area contributed by atoms with Crippen molar-refractivity contribution in [2.45, 2.75) is 13.0 Å². The largest absolute Gasteiger partial charge is 0.375 e. The summed E-state index contributed by atoms with van der Waals surface area (Å²) in [6.07, 6.45) is -0.0732. The van der Waals surface area contributed by atoms with E-state index in [1.807, 2.05) is 6.92 Å². The monoisotopic (exact) mass is 284 g/mol. The number of nitrogens with zero attached hydrogens (tertiary/aromatic N) is 2. The number of morpholine rings is 1. The van der Waals surface area contributed by atoms with Crippen LogP contribution in [-0.4, -0.2) is 41.5 Å². The smallest absolute Gasteiger partial charge is 0.300 e. The lowest BCUT2D eigenvalue weighted by atomic mass is 10.1. The van der Waals surface area contributed by atoms with Gasteiger partial charge in [0.05, 0.1) is 17.6 Å². The first kappa shape index (κ1) is 13.8. The van der Waals surface area contributed by atoms with Crippen molar-refractivity contribution >= 4 is 23.2 Å². The summed E-state index contributed by atoms with van der Waals surface area (Å²) in [5.74, 6) is -0.385. The van der Waals surface area contributed by atoms with E-state index >= 15 is 0 Å². The van der Waals surface area contributed by atoms with Crippen LogP contribution >= 0.6 is 11.6 Å². The third kappa shape index (κ3) is 2.85. The highest BCUT2D eigenvalue weighted by Crippen LogP contribution is 2.29. The second-order valence-electron chi connectivity index (χ2n) is 4.33. The first-order valence-electron chi connectivity index (χ1n) is 5.84. The highest BCUT2D eigenvalue weighted by atomic mass is 35.5. The zero-order chi connectivity index (χ0) is 14.0. The molecule has 1 heterocycles. The minimum atomic E-state index is -0.626. The fourth-order valence-corrected chi connectivity index (χ4v) is 2.29. The molecule has 2 rings (SSSR count). The number of carbonyl (C=O) groups is 1. The standard InChI is InChI=1S/C12H13ClN2O4/c1-8-7-14(5-6-19-8)12(16)9-3-2-4-10(13)11(9)15(17)18/h2-4,8H,5-7H2,1H3. The zero-order valence-electron chi connectivity index (χ0n) is 10.3. The molecule has 1 aliphatic heterocycles. The van der Waals surface area contributed by atoms with Gasteiger partial charge in [-0.15, -0.1) is 0 Å². The molecule has 1 fully saturated rings. The second kappa shape index (κ2) is 5.54. The molecule has 1 aliphatic rings. The van der Waals surface area contributed by atoms with Gasteiger partial charge in [0.1, 0.15) is 10.6 Å². The van der Waals surface area contributed by atoms with Crippen LogP contribution in [0.2, 0.25) is 5.02 Å². The van der Waals surface area contributed by atoms with Gasteiger partial charge < -0.3 is 9.64 Å². The lowest BCUT2D eigenvalue weighted by Crippen LogP contribution is -2.44. The number of hydrogen-bond donors (Lipinski definition) is 0. The zero-order valence-corrected chi connectivity index (χ0v) is 11.1. The van der Waals surface area contributed by atoms with Crippen LogP contribution in [0.1, 0.15) is 17.3 Å². The molecule has 1 amide bonds. The van der Waals surface area contributed by atoms with Gasteiger partial charge in [0.25, 0.3) is 5.91 Å². The maximum atomic E-state index is 12.3. The van der Waals surface area contributed by atoms with Crippen LogP contribution in [-0.2, 0) is 4.74 Å². The average molecular weight is 285 g/mol. The van der Waals surface area contributed by atoms with Crippen molar-refractivity contribution in [2.75, 3.05) is 19.7 Å². The third-order valence-corrected chi connectivity index (χ3v) is 3.23. The number of para-hydroxylation sites is 1. The first-order chi connectivity index (χ1) is 9.00. The fraction of sp³-hybridized carbons (Fsp3) is 0.417. The minimum absolute atomic E-state index is 0.0200. The van der Waals surface area contributed by atoms with Crippen LogP contribution in [0.5, 0.6) is 0 Å². The van der Waals surface area contributed by atoms with Crippen molar-refractivity contribution in [1.29, 1.82) is 0 Å². The molecule has 0 radical (unpaired) electrons. The molecule has 0 spiro atoms. The van der Waals surface area contributed by atoms with Crippen molar-refractivity contribution in [2.24, 2.45) is 0 Å². The summed E-state index contributed by atoms with van der Waals surface area (Å²) in [4.78, 5) is 24.3. The van der Waals surface area contributed by atoms with Crippen molar-refractivity contribution < 1.29 is 14.5 Å². The maximum Gasteiger partial charge on any atom is 0.300 e. The van der Waals surface area contributed by atoms with Gasteiger partial charge in [-0.25, -0.2) is 0 Å². The molecule has 7 heteroatoms. The Labute approximate surface area is 115 Å². The normalized spacial score (nSPS) is 19.3.